The van der Waals surface area contributed by atoms with Crippen LogP contribution in [-0.4, -0.2) is 18.3 Å². The minimum absolute atomic E-state index is 0.111. The van der Waals surface area contributed by atoms with Gasteiger partial charge in [0.2, 0.25) is 0 Å². The monoisotopic (exact) mass is 398 g/mol. The maximum Gasteiger partial charge on any atom is 0.497 e. The fraction of sp³-hybridized carbons (Fsp3) is 0.478. The molecule has 1 saturated carbocycles. The molecule has 0 spiro atoms. The summed E-state index contributed by atoms with van der Waals surface area (Å²) in [6.07, 6.45) is 2.37. The van der Waals surface area contributed by atoms with Crippen LogP contribution in [0.3, 0.4) is 0 Å². The Morgan fingerprint density at radius 1 is 1.07 bits per heavy atom. The summed E-state index contributed by atoms with van der Waals surface area (Å²) in [5.41, 5.74) is 1.59. The quantitative estimate of drug-likeness (QED) is 0.710. The summed E-state index contributed by atoms with van der Waals surface area (Å²) in [6.45, 7) is 7.41. The molecule has 0 aromatic heterocycles. The molecule has 1 saturated heterocycles. The van der Waals surface area contributed by atoms with Gasteiger partial charge in [-0.3, -0.25) is 0 Å². The molecule has 1 aliphatic heterocycles. The Kier molecular flexibility index (Phi) is 4.14. The van der Waals surface area contributed by atoms with Crippen LogP contribution in [0.4, 0.5) is 8.78 Å². The second-order valence-corrected chi connectivity index (χ2v) is 9.47. The van der Waals surface area contributed by atoms with Crippen LogP contribution in [0.1, 0.15) is 56.7 Å². The van der Waals surface area contributed by atoms with Crippen molar-refractivity contribution >= 4 is 12.6 Å². The molecule has 1 heterocycles. The molecule has 2 aromatic carbocycles. The van der Waals surface area contributed by atoms with Crippen molar-refractivity contribution in [1.82, 2.24) is 0 Å². The third kappa shape index (κ3) is 3.08. The Labute approximate surface area is 170 Å². The predicted octanol–water partition coefficient (Wildman–Crippen LogP) is 4.50. The number of ether oxygens (including phenoxy) is 1. The molecule has 2 aliphatic carbocycles. The lowest BCUT2D eigenvalue weighted by atomic mass is 9.77. The van der Waals surface area contributed by atoms with Gasteiger partial charge in [-0.15, -0.1) is 0 Å². The maximum absolute atomic E-state index is 15.2. The normalized spacial score (nSPS) is 25.7. The summed E-state index contributed by atoms with van der Waals surface area (Å²) in [4.78, 5) is 0. The number of hydrogen-bond donors (Lipinski definition) is 0. The highest BCUT2D eigenvalue weighted by atomic mass is 19.1. The van der Waals surface area contributed by atoms with E-state index >= 15 is 4.39 Å². The Hall–Kier alpha value is -1.92. The first-order valence-corrected chi connectivity index (χ1v) is 10.2. The van der Waals surface area contributed by atoms with Gasteiger partial charge in [-0.2, -0.15) is 0 Å². The van der Waals surface area contributed by atoms with E-state index in [1.54, 1.807) is 0 Å². The van der Waals surface area contributed by atoms with Gasteiger partial charge in [-0.1, -0.05) is 12.1 Å². The molecule has 2 fully saturated rings. The van der Waals surface area contributed by atoms with E-state index in [9.17, 15) is 4.39 Å². The number of rotatable bonds is 4. The molecule has 3 aliphatic rings. The topological polar surface area (TPSA) is 27.7 Å². The fourth-order valence-corrected chi connectivity index (χ4v) is 4.40. The minimum atomic E-state index is -0.883. The van der Waals surface area contributed by atoms with Crippen molar-refractivity contribution in [1.29, 1.82) is 0 Å². The Balaban J connectivity index is 1.36. The summed E-state index contributed by atoms with van der Waals surface area (Å²) >= 11 is 0. The van der Waals surface area contributed by atoms with E-state index in [-0.39, 0.29) is 17.6 Å². The lowest BCUT2D eigenvalue weighted by molar-refractivity contribution is 0.00578. The number of halogens is 2. The van der Waals surface area contributed by atoms with Gasteiger partial charge in [0.25, 0.3) is 0 Å². The first-order valence-electron chi connectivity index (χ1n) is 10.2. The molecule has 0 amide bonds. The standard InChI is InChI=1S/C23H25BF2O3/c1-22(2)23(3,4)29-24(28-22)19-7-8-20(25)18(21(19)26)12-27-15-5-6-16-13(10-15)9-14-11-17(14)16/h5-8,10,14,17H,9,11-12H2,1-4H3. The van der Waals surface area contributed by atoms with Gasteiger partial charge in [0, 0.05) is 5.46 Å². The SMILES string of the molecule is CC1(C)OB(c2ccc(F)c(COc3ccc4c(c3)CC3CC43)c2F)OC1(C)C. The van der Waals surface area contributed by atoms with Crippen LogP contribution in [0.2, 0.25) is 0 Å². The molecular formula is C23H25BF2O3. The van der Waals surface area contributed by atoms with Gasteiger partial charge in [-0.25, -0.2) is 8.78 Å². The molecular weight excluding hydrogens is 373 g/mol. The van der Waals surface area contributed by atoms with Crippen molar-refractivity contribution in [3.05, 3.63) is 58.7 Å². The molecule has 3 nitrogen and oxygen atoms in total. The van der Waals surface area contributed by atoms with Crippen molar-refractivity contribution in [3.8, 4) is 5.75 Å². The van der Waals surface area contributed by atoms with Gasteiger partial charge in [0.1, 0.15) is 24.0 Å². The summed E-state index contributed by atoms with van der Waals surface area (Å²) < 4.78 is 47.2. The molecule has 6 heteroatoms. The molecule has 2 aromatic rings. The molecule has 29 heavy (non-hydrogen) atoms. The zero-order valence-corrected chi connectivity index (χ0v) is 17.2. The van der Waals surface area contributed by atoms with Crippen LogP contribution >= 0.6 is 0 Å². The lowest BCUT2D eigenvalue weighted by Crippen LogP contribution is -2.41. The Morgan fingerprint density at radius 3 is 2.52 bits per heavy atom. The zero-order chi connectivity index (χ0) is 20.6. The molecule has 5 rings (SSSR count). The molecule has 0 radical (unpaired) electrons. The number of fused-ring (bicyclic) bond motifs is 3. The van der Waals surface area contributed by atoms with Crippen molar-refractivity contribution in [2.45, 2.75) is 64.3 Å². The van der Waals surface area contributed by atoms with E-state index in [4.69, 9.17) is 14.0 Å². The second-order valence-electron chi connectivity index (χ2n) is 9.47. The van der Waals surface area contributed by atoms with Gasteiger partial charge in [0.05, 0.1) is 16.8 Å². The van der Waals surface area contributed by atoms with Crippen molar-refractivity contribution in [3.63, 3.8) is 0 Å². The highest BCUT2D eigenvalue weighted by Gasteiger charge is 2.52. The minimum Gasteiger partial charge on any atom is -0.489 e. The van der Waals surface area contributed by atoms with Gasteiger partial charge >= 0.3 is 7.12 Å². The third-order valence-corrected chi connectivity index (χ3v) is 7.02. The number of hydrogen-bond acceptors (Lipinski definition) is 3. The molecule has 2 unspecified atom stereocenters. The second kappa shape index (κ2) is 6.29. The van der Waals surface area contributed by atoms with Gasteiger partial charge in [0.15, 0.2) is 0 Å². The average molecular weight is 398 g/mol. The van der Waals surface area contributed by atoms with Crippen LogP contribution in [0, 0.1) is 17.6 Å². The van der Waals surface area contributed by atoms with Crippen LogP contribution in [-0.2, 0) is 22.3 Å². The van der Waals surface area contributed by atoms with Crippen LogP contribution in [0.5, 0.6) is 5.75 Å². The lowest BCUT2D eigenvalue weighted by Gasteiger charge is -2.32. The van der Waals surface area contributed by atoms with Crippen LogP contribution in [0.15, 0.2) is 30.3 Å². The predicted molar refractivity (Wildman–Crippen MR) is 107 cm³/mol. The zero-order valence-electron chi connectivity index (χ0n) is 17.2. The summed E-state index contributed by atoms with van der Waals surface area (Å²) in [5, 5.41) is 0. The van der Waals surface area contributed by atoms with E-state index in [0.717, 1.165) is 12.3 Å². The van der Waals surface area contributed by atoms with Crippen LogP contribution in [0.25, 0.3) is 0 Å². The summed E-state index contributed by atoms with van der Waals surface area (Å²) in [6, 6.07) is 8.63. The third-order valence-electron chi connectivity index (χ3n) is 7.02. The van der Waals surface area contributed by atoms with E-state index in [2.05, 4.69) is 6.07 Å². The van der Waals surface area contributed by atoms with Crippen molar-refractivity contribution in [2.75, 3.05) is 0 Å². The summed E-state index contributed by atoms with van der Waals surface area (Å²) in [5.74, 6) is 0.832. The molecule has 2 atom stereocenters. The Bertz CT molecular complexity index is 972. The summed E-state index contributed by atoms with van der Waals surface area (Å²) in [7, 11) is -0.883. The molecule has 0 bridgehead atoms. The highest BCUT2D eigenvalue weighted by molar-refractivity contribution is 6.62. The first-order chi connectivity index (χ1) is 13.7. The fourth-order valence-electron chi connectivity index (χ4n) is 4.40. The van der Waals surface area contributed by atoms with E-state index in [1.165, 1.54) is 29.7 Å². The van der Waals surface area contributed by atoms with Gasteiger partial charge < -0.3 is 14.0 Å². The smallest absolute Gasteiger partial charge is 0.489 e. The number of benzene rings is 2. The van der Waals surface area contributed by atoms with Crippen LogP contribution < -0.4 is 10.2 Å². The van der Waals surface area contributed by atoms with Crippen molar-refractivity contribution < 1.29 is 22.8 Å². The average Bonchev–Trinajstić information content (AvgIpc) is 3.25. The van der Waals surface area contributed by atoms with Gasteiger partial charge in [-0.05, 0) is 81.7 Å². The van der Waals surface area contributed by atoms with E-state index in [1.807, 2.05) is 39.8 Å². The van der Waals surface area contributed by atoms with Crippen molar-refractivity contribution in [2.24, 2.45) is 5.92 Å². The van der Waals surface area contributed by atoms with E-state index < -0.39 is 30.0 Å². The first kappa shape index (κ1) is 19.1. The van der Waals surface area contributed by atoms with E-state index in [0.29, 0.717) is 11.7 Å². The molecule has 152 valence electrons. The maximum atomic E-state index is 15.2. The molecule has 0 N–H and O–H groups in total. The highest BCUT2D eigenvalue weighted by Crippen LogP contribution is 2.56. The Morgan fingerprint density at radius 2 is 1.79 bits per heavy atom. The largest absolute Gasteiger partial charge is 0.497 e.